The fourth-order valence-electron chi connectivity index (χ4n) is 3.23. The number of aliphatic hydroxyl groups excluding tert-OH is 1. The van der Waals surface area contributed by atoms with E-state index in [0.717, 1.165) is 53.9 Å². The van der Waals surface area contributed by atoms with E-state index in [2.05, 4.69) is 14.8 Å². The molecule has 1 aliphatic rings. The third-order valence-electron chi connectivity index (χ3n) is 4.67. The standard InChI is InChI=1S/C20H26ClN3O2.2ClH/c1-15-11-18(12-16(2)20(15)21)26-14-17(25)13-23-7-9-24(10-8-23)19-5-3-4-6-22-19;;/h3-6,11-12,17,25H,7-10,13-14H2,1-2H3;2*1H/p-2. The Morgan fingerprint density at radius 2 is 1.75 bits per heavy atom. The van der Waals surface area contributed by atoms with E-state index < -0.39 is 6.10 Å². The second-order valence-corrected chi connectivity index (χ2v) is 7.19. The van der Waals surface area contributed by atoms with Gasteiger partial charge in [-0.2, -0.15) is 0 Å². The van der Waals surface area contributed by atoms with Crippen LogP contribution >= 0.6 is 11.6 Å². The van der Waals surface area contributed by atoms with Crippen LogP contribution in [0.1, 0.15) is 11.1 Å². The van der Waals surface area contributed by atoms with Crippen LogP contribution in [-0.4, -0.2) is 60.4 Å². The number of aliphatic hydroxyl groups is 1. The van der Waals surface area contributed by atoms with Gasteiger partial charge >= 0.3 is 0 Å². The summed E-state index contributed by atoms with van der Waals surface area (Å²) < 4.78 is 5.76. The van der Waals surface area contributed by atoms with Crippen LogP contribution in [0.25, 0.3) is 0 Å². The molecule has 0 amide bonds. The molecule has 1 saturated heterocycles. The van der Waals surface area contributed by atoms with Crippen molar-refractivity contribution in [2.45, 2.75) is 20.0 Å². The van der Waals surface area contributed by atoms with Crippen molar-refractivity contribution >= 4 is 17.4 Å². The van der Waals surface area contributed by atoms with Crippen LogP contribution in [0.5, 0.6) is 5.75 Å². The zero-order chi connectivity index (χ0) is 18.5. The highest BCUT2D eigenvalue weighted by Gasteiger charge is 2.20. The predicted octanol–water partition coefficient (Wildman–Crippen LogP) is -3.08. The summed E-state index contributed by atoms with van der Waals surface area (Å²) in [6.45, 7) is 8.46. The molecule has 0 bridgehead atoms. The van der Waals surface area contributed by atoms with E-state index >= 15 is 0 Å². The van der Waals surface area contributed by atoms with Crippen molar-refractivity contribution in [3.05, 3.63) is 52.7 Å². The molecule has 0 spiro atoms. The lowest BCUT2D eigenvalue weighted by molar-refractivity contribution is -0.001000. The van der Waals surface area contributed by atoms with Crippen LogP contribution in [0.4, 0.5) is 5.82 Å². The van der Waals surface area contributed by atoms with Crippen molar-refractivity contribution in [3.8, 4) is 5.75 Å². The molecule has 1 N–H and O–H groups in total. The van der Waals surface area contributed by atoms with Gasteiger partial charge < -0.3 is 39.6 Å². The summed E-state index contributed by atoms with van der Waals surface area (Å²) >= 11 is 6.18. The molecule has 1 unspecified atom stereocenters. The topological polar surface area (TPSA) is 48.8 Å². The van der Waals surface area contributed by atoms with Gasteiger partial charge in [-0.1, -0.05) is 17.7 Å². The summed E-state index contributed by atoms with van der Waals surface area (Å²) in [7, 11) is 0. The molecule has 1 aliphatic heterocycles. The van der Waals surface area contributed by atoms with Crippen LogP contribution in [0.2, 0.25) is 5.02 Å². The van der Waals surface area contributed by atoms with Crippen molar-refractivity contribution in [2.24, 2.45) is 0 Å². The number of nitrogens with zero attached hydrogens (tertiary/aromatic N) is 3. The number of benzene rings is 1. The summed E-state index contributed by atoms with van der Waals surface area (Å²) in [4.78, 5) is 8.95. The molecule has 2 aromatic rings. The predicted molar refractivity (Wildman–Crippen MR) is 105 cm³/mol. The van der Waals surface area contributed by atoms with E-state index in [1.165, 1.54) is 0 Å². The minimum atomic E-state index is -0.521. The van der Waals surface area contributed by atoms with Gasteiger partial charge in [-0.15, -0.1) is 0 Å². The molecular weight excluding hydrogens is 421 g/mol. The normalized spacial score (nSPS) is 15.4. The Labute approximate surface area is 184 Å². The van der Waals surface area contributed by atoms with Gasteiger partial charge in [0, 0.05) is 43.9 Å². The molecule has 0 radical (unpaired) electrons. The number of β-amino-alcohol motifs (C(OH)–C–C–N with tert-alkyl or cyclic N) is 1. The van der Waals surface area contributed by atoms with E-state index in [1.54, 1.807) is 0 Å². The molecule has 5 nitrogen and oxygen atoms in total. The van der Waals surface area contributed by atoms with E-state index in [9.17, 15) is 5.11 Å². The van der Waals surface area contributed by atoms with E-state index in [-0.39, 0.29) is 31.4 Å². The SMILES string of the molecule is Cc1cc(OCC(O)CN2CCN(c3ccccn3)CC2)cc(C)c1Cl.[Cl-].[Cl-]. The zero-order valence-corrected chi connectivity index (χ0v) is 18.4. The molecule has 156 valence electrons. The molecule has 1 fully saturated rings. The number of pyridine rings is 1. The maximum absolute atomic E-state index is 10.3. The number of aryl methyl sites for hydroxylation is 2. The van der Waals surface area contributed by atoms with Gasteiger partial charge in [-0.3, -0.25) is 4.90 Å². The summed E-state index contributed by atoms with van der Waals surface area (Å²) in [6.07, 6.45) is 1.30. The molecule has 1 aromatic heterocycles. The third-order valence-corrected chi connectivity index (χ3v) is 5.26. The van der Waals surface area contributed by atoms with Crippen LogP contribution in [0.3, 0.4) is 0 Å². The van der Waals surface area contributed by atoms with E-state index in [0.29, 0.717) is 6.54 Å². The van der Waals surface area contributed by atoms with Gasteiger partial charge in [0.2, 0.25) is 0 Å². The monoisotopic (exact) mass is 445 g/mol. The fourth-order valence-corrected chi connectivity index (χ4v) is 3.34. The number of hydrogen-bond donors (Lipinski definition) is 1. The van der Waals surface area contributed by atoms with Gasteiger partial charge in [-0.25, -0.2) is 4.98 Å². The Kier molecular flexibility index (Phi) is 10.4. The van der Waals surface area contributed by atoms with Crippen LogP contribution < -0.4 is 34.5 Å². The average molecular weight is 447 g/mol. The highest BCUT2D eigenvalue weighted by molar-refractivity contribution is 6.32. The highest BCUT2D eigenvalue weighted by Crippen LogP contribution is 2.26. The van der Waals surface area contributed by atoms with E-state index in [1.807, 2.05) is 50.4 Å². The van der Waals surface area contributed by atoms with Crippen molar-refractivity contribution in [2.75, 3.05) is 44.2 Å². The van der Waals surface area contributed by atoms with Crippen molar-refractivity contribution < 1.29 is 34.7 Å². The summed E-state index contributed by atoms with van der Waals surface area (Å²) in [5.74, 6) is 1.77. The van der Waals surface area contributed by atoms with Crippen LogP contribution in [-0.2, 0) is 0 Å². The third kappa shape index (κ3) is 6.68. The Bertz CT molecular complexity index is 703. The molecule has 0 saturated carbocycles. The lowest BCUT2D eigenvalue weighted by Gasteiger charge is -2.36. The Balaban J connectivity index is 0.00000196. The minimum Gasteiger partial charge on any atom is -1.00 e. The van der Waals surface area contributed by atoms with Gasteiger partial charge in [0.25, 0.3) is 0 Å². The van der Waals surface area contributed by atoms with Crippen LogP contribution in [0.15, 0.2) is 36.5 Å². The smallest absolute Gasteiger partial charge is 0.128 e. The number of piperazine rings is 1. The lowest BCUT2D eigenvalue weighted by Crippen LogP contribution is -3.00. The van der Waals surface area contributed by atoms with Crippen molar-refractivity contribution in [1.29, 1.82) is 0 Å². The Morgan fingerprint density at radius 1 is 1.11 bits per heavy atom. The van der Waals surface area contributed by atoms with Crippen molar-refractivity contribution in [1.82, 2.24) is 9.88 Å². The Hall–Kier alpha value is -1.24. The van der Waals surface area contributed by atoms with Crippen LogP contribution in [0, 0.1) is 13.8 Å². The largest absolute Gasteiger partial charge is 1.00 e. The first-order valence-corrected chi connectivity index (χ1v) is 9.36. The van der Waals surface area contributed by atoms with Gasteiger partial charge in [0.05, 0.1) is 0 Å². The van der Waals surface area contributed by atoms with Gasteiger partial charge in [0.1, 0.15) is 24.3 Å². The molecule has 1 aromatic carbocycles. The molecular formula is C20H26Cl3N3O2-2. The number of aromatic nitrogens is 1. The summed E-state index contributed by atoms with van der Waals surface area (Å²) in [5, 5.41) is 11.1. The number of halogens is 3. The zero-order valence-electron chi connectivity index (χ0n) is 16.1. The quantitative estimate of drug-likeness (QED) is 0.510. The lowest BCUT2D eigenvalue weighted by atomic mass is 10.1. The second-order valence-electron chi connectivity index (χ2n) is 6.81. The van der Waals surface area contributed by atoms with Gasteiger partial charge in [-0.05, 0) is 49.2 Å². The minimum absolute atomic E-state index is 0. The second kappa shape index (κ2) is 11.7. The molecule has 1 atom stereocenters. The van der Waals surface area contributed by atoms with E-state index in [4.69, 9.17) is 16.3 Å². The molecule has 3 rings (SSSR count). The maximum atomic E-state index is 10.3. The number of anilines is 1. The first-order valence-electron chi connectivity index (χ1n) is 8.99. The van der Waals surface area contributed by atoms with Gasteiger partial charge in [0.15, 0.2) is 0 Å². The number of ether oxygens (including phenoxy) is 1. The molecule has 0 aliphatic carbocycles. The first kappa shape index (κ1) is 24.8. The summed E-state index contributed by atoms with van der Waals surface area (Å²) in [6, 6.07) is 9.80. The molecule has 2 heterocycles. The van der Waals surface area contributed by atoms with Crippen molar-refractivity contribution in [3.63, 3.8) is 0 Å². The maximum Gasteiger partial charge on any atom is 0.128 e. The molecule has 8 heteroatoms. The Morgan fingerprint density at radius 3 is 2.32 bits per heavy atom. The first-order chi connectivity index (χ1) is 12.5. The molecule has 28 heavy (non-hydrogen) atoms. The number of rotatable bonds is 6. The highest BCUT2D eigenvalue weighted by atomic mass is 35.5. The summed E-state index contributed by atoms with van der Waals surface area (Å²) in [5.41, 5.74) is 1.98. The average Bonchev–Trinajstić information content (AvgIpc) is 2.65. The fraction of sp³-hybridized carbons (Fsp3) is 0.450. The number of hydrogen-bond acceptors (Lipinski definition) is 5.